The largest absolute Gasteiger partial charge is 0.399 e. The summed E-state index contributed by atoms with van der Waals surface area (Å²) >= 11 is 0. The lowest BCUT2D eigenvalue weighted by atomic mass is 10.2. The van der Waals surface area contributed by atoms with Gasteiger partial charge in [0.15, 0.2) is 0 Å². The van der Waals surface area contributed by atoms with Crippen LogP contribution in [0.1, 0.15) is 0 Å². The van der Waals surface area contributed by atoms with Crippen molar-refractivity contribution < 1.29 is 8.42 Å². The number of anilines is 2. The summed E-state index contributed by atoms with van der Waals surface area (Å²) in [5.74, 6) is 0. The van der Waals surface area contributed by atoms with E-state index in [0.717, 1.165) is 13.1 Å². The molecule has 0 heterocycles. The Labute approximate surface area is 115 Å². The van der Waals surface area contributed by atoms with Gasteiger partial charge in [0.2, 0.25) is 10.0 Å². The lowest BCUT2D eigenvalue weighted by molar-refractivity contribution is 0.416. The van der Waals surface area contributed by atoms with Gasteiger partial charge in [-0.15, -0.1) is 0 Å². The van der Waals surface area contributed by atoms with E-state index >= 15 is 0 Å². The third-order valence-electron chi connectivity index (χ3n) is 2.84. The number of rotatable bonds is 6. The second-order valence-corrected chi connectivity index (χ2v) is 6.51. The molecule has 0 saturated heterocycles. The van der Waals surface area contributed by atoms with Crippen LogP contribution in [-0.2, 0) is 10.0 Å². The molecule has 0 saturated carbocycles. The number of likely N-dealkylation sites (N-methyl/N-ethyl adjacent to an activating group) is 2. The van der Waals surface area contributed by atoms with Crippen LogP contribution in [0.25, 0.3) is 0 Å². The van der Waals surface area contributed by atoms with Crippen molar-refractivity contribution in [3.63, 3.8) is 0 Å². The summed E-state index contributed by atoms with van der Waals surface area (Å²) in [5.41, 5.74) is 6.76. The maximum absolute atomic E-state index is 12.0. The summed E-state index contributed by atoms with van der Waals surface area (Å²) in [7, 11) is 3.68. The van der Waals surface area contributed by atoms with Crippen molar-refractivity contribution in [1.82, 2.24) is 9.62 Å². The fourth-order valence-corrected chi connectivity index (χ4v) is 2.65. The number of nitrogen functional groups attached to an aromatic ring is 1. The van der Waals surface area contributed by atoms with Gasteiger partial charge < -0.3 is 15.5 Å². The number of nitrogens with two attached hydrogens (primary N) is 1. The van der Waals surface area contributed by atoms with Crippen LogP contribution in [0.15, 0.2) is 23.1 Å². The highest BCUT2D eigenvalue weighted by Gasteiger charge is 2.19. The molecule has 0 fully saturated rings. The Bertz CT molecular complexity index is 529. The Kier molecular flexibility index (Phi) is 5.16. The van der Waals surface area contributed by atoms with Crippen molar-refractivity contribution in [2.75, 3.05) is 51.9 Å². The third kappa shape index (κ3) is 4.09. The molecule has 0 aliphatic heterocycles. The molecule has 1 aromatic carbocycles. The fraction of sp³-hybridized carbons (Fsp3) is 0.500. The molecule has 0 radical (unpaired) electrons. The molecule has 19 heavy (non-hydrogen) atoms. The predicted molar refractivity (Wildman–Crippen MR) is 78.9 cm³/mol. The molecule has 0 unspecified atom stereocenters. The minimum Gasteiger partial charge on any atom is -0.399 e. The van der Waals surface area contributed by atoms with Gasteiger partial charge in [0.1, 0.15) is 4.90 Å². The highest BCUT2D eigenvalue weighted by atomic mass is 32.2. The Morgan fingerprint density at radius 2 is 1.84 bits per heavy atom. The first-order valence-electron chi connectivity index (χ1n) is 5.97. The normalized spacial score (nSPS) is 11.8. The molecule has 0 aromatic heterocycles. The summed E-state index contributed by atoms with van der Waals surface area (Å²) in [6, 6.07) is 4.92. The van der Waals surface area contributed by atoms with Gasteiger partial charge in [-0.3, -0.25) is 0 Å². The number of nitrogens with one attached hydrogen (secondary N) is 1. The Morgan fingerprint density at radius 3 is 2.37 bits per heavy atom. The van der Waals surface area contributed by atoms with E-state index in [1.807, 2.05) is 30.9 Å². The van der Waals surface area contributed by atoms with E-state index in [2.05, 4.69) is 4.72 Å². The molecule has 0 aliphatic carbocycles. The zero-order chi connectivity index (χ0) is 14.6. The lowest BCUT2D eigenvalue weighted by Crippen LogP contribution is -2.30. The van der Waals surface area contributed by atoms with E-state index in [0.29, 0.717) is 11.4 Å². The molecule has 1 aromatic rings. The number of hydrogen-bond acceptors (Lipinski definition) is 5. The molecular weight excluding hydrogens is 264 g/mol. The highest BCUT2D eigenvalue weighted by Crippen LogP contribution is 2.26. The number of sulfonamides is 1. The summed E-state index contributed by atoms with van der Waals surface area (Å²) in [4.78, 5) is 4.15. The lowest BCUT2D eigenvalue weighted by Gasteiger charge is -2.24. The second kappa shape index (κ2) is 6.23. The predicted octanol–water partition coefficient (Wildman–Crippen LogP) is 0.175. The first-order valence-corrected chi connectivity index (χ1v) is 7.45. The molecule has 6 nitrogen and oxygen atoms in total. The van der Waals surface area contributed by atoms with Gasteiger partial charge in [-0.1, -0.05) is 0 Å². The molecular formula is C12H22N4O2S. The zero-order valence-corrected chi connectivity index (χ0v) is 12.7. The van der Waals surface area contributed by atoms with Crippen molar-refractivity contribution >= 4 is 21.4 Å². The zero-order valence-electron chi connectivity index (χ0n) is 11.8. The summed E-state index contributed by atoms with van der Waals surface area (Å²) in [5, 5.41) is 0. The van der Waals surface area contributed by atoms with Gasteiger partial charge in [0.25, 0.3) is 0 Å². The standard InChI is InChI=1S/C12H22N4O2S/c1-14-19(17,18)12-9-10(13)5-6-11(12)16(4)8-7-15(2)3/h5-6,9,14H,7-8,13H2,1-4H3. The van der Waals surface area contributed by atoms with E-state index in [4.69, 9.17) is 5.73 Å². The van der Waals surface area contributed by atoms with E-state index in [9.17, 15) is 8.42 Å². The number of benzene rings is 1. The number of nitrogens with zero attached hydrogens (tertiary/aromatic N) is 2. The molecule has 1 rings (SSSR count). The van der Waals surface area contributed by atoms with Gasteiger partial charge in [0.05, 0.1) is 5.69 Å². The average Bonchev–Trinajstić information content (AvgIpc) is 2.35. The molecule has 0 spiro atoms. The molecule has 3 N–H and O–H groups in total. The van der Waals surface area contributed by atoms with Crippen LogP contribution in [0.5, 0.6) is 0 Å². The smallest absolute Gasteiger partial charge is 0.242 e. The van der Waals surface area contributed by atoms with Crippen LogP contribution in [0.4, 0.5) is 11.4 Å². The molecule has 108 valence electrons. The monoisotopic (exact) mass is 286 g/mol. The van der Waals surface area contributed by atoms with Crippen molar-refractivity contribution in [3.8, 4) is 0 Å². The van der Waals surface area contributed by atoms with Crippen LogP contribution in [0, 0.1) is 0 Å². The summed E-state index contributed by atoms with van der Waals surface area (Å²) in [6.45, 7) is 1.56. The van der Waals surface area contributed by atoms with Crippen LogP contribution in [0.3, 0.4) is 0 Å². The van der Waals surface area contributed by atoms with Crippen molar-refractivity contribution in [2.45, 2.75) is 4.90 Å². The fourth-order valence-electron chi connectivity index (χ4n) is 1.64. The van der Waals surface area contributed by atoms with Gasteiger partial charge >= 0.3 is 0 Å². The van der Waals surface area contributed by atoms with Crippen LogP contribution in [-0.4, -0.2) is 54.6 Å². The maximum atomic E-state index is 12.0. The van der Waals surface area contributed by atoms with E-state index in [-0.39, 0.29) is 4.90 Å². The van der Waals surface area contributed by atoms with Crippen molar-refractivity contribution in [1.29, 1.82) is 0 Å². The first kappa shape index (κ1) is 15.7. The van der Waals surface area contributed by atoms with Gasteiger partial charge in [0, 0.05) is 25.8 Å². The third-order valence-corrected chi connectivity index (χ3v) is 4.28. The van der Waals surface area contributed by atoms with Crippen LogP contribution in [0.2, 0.25) is 0 Å². The Hall–Kier alpha value is -1.31. The van der Waals surface area contributed by atoms with Gasteiger partial charge in [-0.25, -0.2) is 13.1 Å². The van der Waals surface area contributed by atoms with Crippen LogP contribution >= 0.6 is 0 Å². The van der Waals surface area contributed by atoms with E-state index in [1.165, 1.54) is 13.1 Å². The van der Waals surface area contributed by atoms with Gasteiger partial charge in [-0.05, 0) is 39.3 Å². The van der Waals surface area contributed by atoms with E-state index in [1.54, 1.807) is 12.1 Å². The minimum atomic E-state index is -3.52. The van der Waals surface area contributed by atoms with Crippen LogP contribution < -0.4 is 15.4 Å². The van der Waals surface area contributed by atoms with Gasteiger partial charge in [-0.2, -0.15) is 0 Å². The Morgan fingerprint density at radius 1 is 1.21 bits per heavy atom. The van der Waals surface area contributed by atoms with Crippen molar-refractivity contribution in [2.24, 2.45) is 0 Å². The topological polar surface area (TPSA) is 78.7 Å². The quantitative estimate of drug-likeness (QED) is 0.729. The molecule has 7 heteroatoms. The average molecular weight is 286 g/mol. The van der Waals surface area contributed by atoms with Crippen molar-refractivity contribution in [3.05, 3.63) is 18.2 Å². The first-order chi connectivity index (χ1) is 8.77. The summed E-state index contributed by atoms with van der Waals surface area (Å²) in [6.07, 6.45) is 0. The Balaban J connectivity index is 3.14. The summed E-state index contributed by atoms with van der Waals surface area (Å²) < 4.78 is 26.4. The molecule has 0 atom stereocenters. The SMILES string of the molecule is CNS(=O)(=O)c1cc(N)ccc1N(C)CCN(C)C. The maximum Gasteiger partial charge on any atom is 0.242 e. The number of hydrogen-bond donors (Lipinski definition) is 2. The molecule has 0 bridgehead atoms. The minimum absolute atomic E-state index is 0.205. The molecule has 0 aliphatic rings. The molecule has 0 amide bonds. The second-order valence-electron chi connectivity index (χ2n) is 4.66. The van der Waals surface area contributed by atoms with E-state index < -0.39 is 10.0 Å². The highest BCUT2D eigenvalue weighted by molar-refractivity contribution is 7.89.